The number of carbonyl (C=O) groups excluding carboxylic acids is 2. The summed E-state index contributed by atoms with van der Waals surface area (Å²) < 4.78 is 39.1. The maximum absolute atomic E-state index is 14.1. The second-order valence-corrected chi connectivity index (χ2v) is 8.72. The van der Waals surface area contributed by atoms with E-state index in [0.717, 1.165) is 25.2 Å². The minimum Gasteiger partial charge on any atom is -0.339 e. The Labute approximate surface area is 169 Å². The van der Waals surface area contributed by atoms with Gasteiger partial charge in [0, 0.05) is 13.1 Å². The third-order valence-electron chi connectivity index (χ3n) is 4.63. The molecule has 154 valence electrons. The summed E-state index contributed by atoms with van der Waals surface area (Å²) in [7, 11) is -3.91. The summed E-state index contributed by atoms with van der Waals surface area (Å²) in [6, 6.07) is 11.9. The molecule has 2 aromatic carbocycles. The monoisotopic (exact) mass is 419 g/mol. The first-order valence-electron chi connectivity index (χ1n) is 9.18. The lowest BCUT2D eigenvalue weighted by Crippen LogP contribution is -2.38. The van der Waals surface area contributed by atoms with E-state index in [-0.39, 0.29) is 17.3 Å². The molecule has 3 rings (SSSR count). The van der Waals surface area contributed by atoms with Crippen molar-refractivity contribution in [1.29, 1.82) is 0 Å². The predicted octanol–water partition coefficient (Wildman–Crippen LogP) is 2.47. The molecule has 1 saturated heterocycles. The van der Waals surface area contributed by atoms with Gasteiger partial charge in [-0.2, -0.15) is 0 Å². The van der Waals surface area contributed by atoms with Crippen LogP contribution in [0.1, 0.15) is 23.2 Å². The molecule has 0 radical (unpaired) electrons. The number of nitrogens with one attached hydrogen (secondary N) is 1. The summed E-state index contributed by atoms with van der Waals surface area (Å²) in [5.74, 6) is -1.62. The van der Waals surface area contributed by atoms with Crippen molar-refractivity contribution < 1.29 is 22.4 Å². The summed E-state index contributed by atoms with van der Waals surface area (Å²) in [4.78, 5) is 27.0. The Kier molecular flexibility index (Phi) is 6.17. The molecule has 0 unspecified atom stereocenters. The topological polar surface area (TPSA) is 86.8 Å². The Bertz CT molecular complexity index is 1020. The molecule has 0 saturated carbocycles. The van der Waals surface area contributed by atoms with Gasteiger partial charge < -0.3 is 10.2 Å². The van der Waals surface area contributed by atoms with Crippen LogP contribution in [0.3, 0.4) is 0 Å². The Hall–Kier alpha value is -2.94. The maximum Gasteiger partial charge on any atom is 0.255 e. The molecular weight excluding hydrogens is 397 g/mol. The fraction of sp³-hybridized carbons (Fsp3) is 0.300. The second-order valence-electron chi connectivity index (χ2n) is 6.81. The zero-order valence-electron chi connectivity index (χ0n) is 16.0. The fourth-order valence-corrected chi connectivity index (χ4v) is 4.08. The summed E-state index contributed by atoms with van der Waals surface area (Å²) in [6.07, 6.45) is 2.77. The minimum atomic E-state index is -3.91. The molecule has 2 amide bonds. The third-order valence-corrected chi connectivity index (χ3v) is 5.76. The lowest BCUT2D eigenvalue weighted by molar-refractivity contribution is -0.114. The average Bonchev–Trinajstić information content (AvgIpc) is 3.21. The molecule has 0 aromatic heterocycles. The standard InChI is InChI=1S/C20H22FN3O4S/c1-29(27,28)24(18-11-5-3-9-16(18)21)14-19(25)22-17-10-4-2-8-15(17)20(26)23-12-6-7-13-23/h2-5,8-11H,6-7,12-14H2,1H3,(H,22,25). The van der Waals surface area contributed by atoms with Crippen molar-refractivity contribution >= 4 is 33.2 Å². The number of rotatable bonds is 6. The van der Waals surface area contributed by atoms with E-state index < -0.39 is 28.3 Å². The highest BCUT2D eigenvalue weighted by Crippen LogP contribution is 2.23. The van der Waals surface area contributed by atoms with E-state index in [0.29, 0.717) is 23.0 Å². The first-order chi connectivity index (χ1) is 13.8. The highest BCUT2D eigenvalue weighted by molar-refractivity contribution is 7.92. The number of hydrogen-bond donors (Lipinski definition) is 1. The largest absolute Gasteiger partial charge is 0.339 e. The number of anilines is 2. The van der Waals surface area contributed by atoms with Gasteiger partial charge in [-0.05, 0) is 37.1 Å². The first kappa shape index (κ1) is 20.8. The van der Waals surface area contributed by atoms with Gasteiger partial charge in [-0.25, -0.2) is 12.8 Å². The quantitative estimate of drug-likeness (QED) is 0.779. The molecule has 2 aromatic rings. The van der Waals surface area contributed by atoms with Gasteiger partial charge in [-0.3, -0.25) is 13.9 Å². The summed E-state index contributed by atoms with van der Waals surface area (Å²) in [5.41, 5.74) is 0.405. The molecule has 1 aliphatic rings. The van der Waals surface area contributed by atoms with Gasteiger partial charge in [0.15, 0.2) is 0 Å². The molecule has 29 heavy (non-hydrogen) atoms. The Morgan fingerprint density at radius 2 is 1.69 bits per heavy atom. The number of para-hydroxylation sites is 2. The van der Waals surface area contributed by atoms with E-state index in [2.05, 4.69) is 5.32 Å². The van der Waals surface area contributed by atoms with Gasteiger partial charge in [0.1, 0.15) is 12.4 Å². The summed E-state index contributed by atoms with van der Waals surface area (Å²) in [5, 5.41) is 2.59. The van der Waals surface area contributed by atoms with Crippen LogP contribution in [-0.2, 0) is 14.8 Å². The summed E-state index contributed by atoms with van der Waals surface area (Å²) >= 11 is 0. The number of amides is 2. The molecule has 0 atom stereocenters. The molecule has 9 heteroatoms. The van der Waals surface area contributed by atoms with E-state index >= 15 is 0 Å². The van der Waals surface area contributed by atoms with Crippen LogP contribution in [0.4, 0.5) is 15.8 Å². The Balaban J connectivity index is 1.81. The number of carbonyl (C=O) groups is 2. The van der Waals surface area contributed by atoms with Gasteiger partial charge in [0.25, 0.3) is 5.91 Å². The predicted molar refractivity (Wildman–Crippen MR) is 109 cm³/mol. The van der Waals surface area contributed by atoms with Crippen molar-refractivity contribution in [2.45, 2.75) is 12.8 Å². The lowest BCUT2D eigenvalue weighted by atomic mass is 10.1. The van der Waals surface area contributed by atoms with Crippen LogP contribution in [-0.4, -0.2) is 51.0 Å². The molecule has 1 fully saturated rings. The van der Waals surface area contributed by atoms with E-state index in [1.807, 2.05) is 0 Å². The third kappa shape index (κ3) is 4.92. The molecule has 7 nitrogen and oxygen atoms in total. The van der Waals surface area contributed by atoms with Gasteiger partial charge in [-0.15, -0.1) is 0 Å². The second kappa shape index (κ2) is 8.60. The molecule has 0 aliphatic carbocycles. The number of nitrogens with zero attached hydrogens (tertiary/aromatic N) is 2. The average molecular weight is 419 g/mol. The van der Waals surface area contributed by atoms with Crippen molar-refractivity contribution in [2.24, 2.45) is 0 Å². The fourth-order valence-electron chi connectivity index (χ4n) is 3.22. The number of hydrogen-bond acceptors (Lipinski definition) is 4. The van der Waals surface area contributed by atoms with Gasteiger partial charge in [0.2, 0.25) is 15.9 Å². The van der Waals surface area contributed by atoms with Gasteiger partial charge >= 0.3 is 0 Å². The molecule has 1 heterocycles. The van der Waals surface area contributed by atoms with Crippen molar-refractivity contribution in [1.82, 2.24) is 4.90 Å². The highest BCUT2D eigenvalue weighted by atomic mass is 32.2. The van der Waals surface area contributed by atoms with E-state index in [1.165, 1.54) is 18.2 Å². The number of benzene rings is 2. The van der Waals surface area contributed by atoms with E-state index in [9.17, 15) is 22.4 Å². The molecular formula is C20H22FN3O4S. The highest BCUT2D eigenvalue weighted by Gasteiger charge is 2.25. The molecule has 0 bridgehead atoms. The van der Waals surface area contributed by atoms with Crippen LogP contribution < -0.4 is 9.62 Å². The van der Waals surface area contributed by atoms with Crippen LogP contribution in [0.15, 0.2) is 48.5 Å². The van der Waals surface area contributed by atoms with Crippen LogP contribution >= 0.6 is 0 Å². The van der Waals surface area contributed by atoms with E-state index in [4.69, 9.17) is 0 Å². The van der Waals surface area contributed by atoms with E-state index in [1.54, 1.807) is 29.2 Å². The van der Waals surface area contributed by atoms with Crippen LogP contribution in [0, 0.1) is 5.82 Å². The van der Waals surface area contributed by atoms with Crippen molar-refractivity contribution in [3.8, 4) is 0 Å². The van der Waals surface area contributed by atoms with Gasteiger partial charge in [0.05, 0.1) is 23.2 Å². The van der Waals surface area contributed by atoms with Crippen molar-refractivity contribution in [3.63, 3.8) is 0 Å². The molecule has 1 aliphatic heterocycles. The number of halogens is 1. The first-order valence-corrected chi connectivity index (χ1v) is 11.0. The molecule has 0 spiro atoms. The maximum atomic E-state index is 14.1. The summed E-state index contributed by atoms with van der Waals surface area (Å²) in [6.45, 7) is 0.707. The van der Waals surface area contributed by atoms with Crippen molar-refractivity contribution in [3.05, 3.63) is 59.9 Å². The number of likely N-dealkylation sites (tertiary alicyclic amines) is 1. The van der Waals surface area contributed by atoms with Gasteiger partial charge in [-0.1, -0.05) is 24.3 Å². The normalized spacial score (nSPS) is 13.9. The molecule has 1 N–H and O–H groups in total. The Morgan fingerprint density at radius 1 is 1.07 bits per heavy atom. The minimum absolute atomic E-state index is 0.188. The Morgan fingerprint density at radius 3 is 2.34 bits per heavy atom. The van der Waals surface area contributed by atoms with Crippen LogP contribution in [0.2, 0.25) is 0 Å². The lowest BCUT2D eigenvalue weighted by Gasteiger charge is -2.23. The SMILES string of the molecule is CS(=O)(=O)N(CC(=O)Nc1ccccc1C(=O)N1CCCC1)c1ccccc1F. The van der Waals surface area contributed by atoms with Crippen molar-refractivity contribution in [2.75, 3.05) is 35.5 Å². The van der Waals surface area contributed by atoms with Crippen LogP contribution in [0.25, 0.3) is 0 Å². The smallest absolute Gasteiger partial charge is 0.255 e. The number of sulfonamides is 1. The van der Waals surface area contributed by atoms with Crippen LogP contribution in [0.5, 0.6) is 0 Å². The zero-order valence-corrected chi connectivity index (χ0v) is 16.8. The zero-order chi connectivity index (χ0) is 21.0.